The predicted octanol–water partition coefficient (Wildman–Crippen LogP) is 7.55. The molecule has 0 atom stereocenters. The summed E-state index contributed by atoms with van der Waals surface area (Å²) in [4.78, 5) is 29.9. The molecule has 0 unspecified atom stereocenters. The molecule has 5 rings (SSSR count). The Hall–Kier alpha value is -3.52. The Kier molecular flexibility index (Phi) is 6.63. The van der Waals surface area contributed by atoms with Crippen molar-refractivity contribution >= 4 is 78.9 Å². The molecule has 0 saturated carbocycles. The maximum Gasteiger partial charge on any atom is 0.363 e. The minimum absolute atomic E-state index is 0.103. The van der Waals surface area contributed by atoms with Gasteiger partial charge in [-0.3, -0.25) is 0 Å². The number of aliphatic imine (C=N–C) groups is 1. The number of para-hydroxylation sites is 1. The quantitative estimate of drug-likeness (QED) is 0.143. The summed E-state index contributed by atoms with van der Waals surface area (Å²) in [6.45, 7) is 0. The van der Waals surface area contributed by atoms with Crippen LogP contribution in [0.1, 0.15) is 20.8 Å². The van der Waals surface area contributed by atoms with Crippen LogP contribution in [0, 0.1) is 0 Å². The second kappa shape index (κ2) is 10.00. The van der Waals surface area contributed by atoms with Crippen molar-refractivity contribution in [3.63, 3.8) is 0 Å². The smallest absolute Gasteiger partial charge is 0.363 e. The number of hydrogen-bond acceptors (Lipinski definition) is 6. The molecule has 3 aromatic carbocycles. The van der Waals surface area contributed by atoms with Crippen molar-refractivity contribution in [1.82, 2.24) is 0 Å². The van der Waals surface area contributed by atoms with Crippen LogP contribution >= 0.6 is 38.9 Å². The van der Waals surface area contributed by atoms with Crippen molar-refractivity contribution in [3.8, 4) is 5.75 Å². The van der Waals surface area contributed by atoms with Gasteiger partial charge in [-0.2, -0.15) is 0 Å². The van der Waals surface area contributed by atoms with Gasteiger partial charge in [-0.05, 0) is 35.9 Å². The first-order valence-corrected chi connectivity index (χ1v) is 12.4. The summed E-state index contributed by atoms with van der Waals surface area (Å²) in [6.07, 6.45) is 4.96. The zero-order valence-corrected chi connectivity index (χ0v) is 21.1. The third-order valence-electron chi connectivity index (χ3n) is 5.05. The minimum atomic E-state index is -0.586. The molecule has 0 bridgehead atoms. The molecule has 2 heterocycles. The van der Waals surface area contributed by atoms with E-state index in [1.54, 1.807) is 36.4 Å². The summed E-state index contributed by atoms with van der Waals surface area (Å²) in [5.74, 6) is -0.710. The van der Waals surface area contributed by atoms with Crippen molar-refractivity contribution < 1.29 is 19.1 Å². The highest BCUT2D eigenvalue weighted by Gasteiger charge is 2.23. The standard InChI is InChI=1S/C27H15BrClNO4S/c28-18-11-12-19-22(15-18)35-25(24(19)29)27(32)33-21-9-5-4-8-17(21)14-20-26(31)34-23(30-20)13-10-16-6-2-1-3-7-16/h1-15H/b13-10+,20-14+. The molecular weight excluding hydrogens is 550 g/mol. The highest BCUT2D eigenvalue weighted by molar-refractivity contribution is 9.10. The average molecular weight is 565 g/mol. The van der Waals surface area contributed by atoms with Gasteiger partial charge >= 0.3 is 11.9 Å². The molecule has 0 spiro atoms. The monoisotopic (exact) mass is 563 g/mol. The Labute approximate surface area is 218 Å². The molecule has 0 fully saturated rings. The minimum Gasteiger partial charge on any atom is -0.422 e. The molecule has 5 nitrogen and oxygen atoms in total. The Morgan fingerprint density at radius 2 is 1.80 bits per heavy atom. The number of carbonyl (C=O) groups is 2. The second-order valence-corrected chi connectivity index (χ2v) is 9.77. The van der Waals surface area contributed by atoms with E-state index in [2.05, 4.69) is 20.9 Å². The van der Waals surface area contributed by atoms with Crippen LogP contribution in [0.25, 0.3) is 22.2 Å². The van der Waals surface area contributed by atoms with Crippen LogP contribution in [0.2, 0.25) is 5.02 Å². The topological polar surface area (TPSA) is 65.0 Å². The first-order chi connectivity index (χ1) is 17.0. The fourth-order valence-corrected chi connectivity index (χ4v) is 5.32. The molecule has 1 aliphatic rings. The lowest BCUT2D eigenvalue weighted by molar-refractivity contribution is -0.129. The van der Waals surface area contributed by atoms with Crippen LogP contribution < -0.4 is 4.74 Å². The lowest BCUT2D eigenvalue weighted by atomic mass is 10.1. The maximum absolute atomic E-state index is 13.0. The van der Waals surface area contributed by atoms with E-state index in [0.29, 0.717) is 15.5 Å². The van der Waals surface area contributed by atoms with E-state index >= 15 is 0 Å². The molecule has 0 aliphatic carbocycles. The summed E-state index contributed by atoms with van der Waals surface area (Å²) in [5, 5.41) is 1.12. The molecule has 172 valence electrons. The number of cyclic esters (lactones) is 1. The van der Waals surface area contributed by atoms with Crippen molar-refractivity contribution in [1.29, 1.82) is 0 Å². The number of esters is 2. The van der Waals surface area contributed by atoms with E-state index < -0.39 is 11.9 Å². The Balaban J connectivity index is 1.40. The number of nitrogens with zero attached hydrogens (tertiary/aromatic N) is 1. The number of ether oxygens (including phenoxy) is 2. The summed E-state index contributed by atoms with van der Waals surface area (Å²) in [5.41, 5.74) is 1.56. The van der Waals surface area contributed by atoms with Gasteiger partial charge in [0.1, 0.15) is 10.6 Å². The van der Waals surface area contributed by atoms with Crippen molar-refractivity contribution in [2.45, 2.75) is 0 Å². The predicted molar refractivity (Wildman–Crippen MR) is 143 cm³/mol. The van der Waals surface area contributed by atoms with Gasteiger partial charge in [-0.15, -0.1) is 11.3 Å². The lowest BCUT2D eigenvalue weighted by Crippen LogP contribution is -2.08. The molecule has 1 aromatic heterocycles. The van der Waals surface area contributed by atoms with Gasteiger partial charge < -0.3 is 9.47 Å². The average Bonchev–Trinajstić information content (AvgIpc) is 3.38. The molecule has 8 heteroatoms. The third-order valence-corrected chi connectivity index (χ3v) is 7.18. The zero-order chi connectivity index (χ0) is 24.4. The van der Waals surface area contributed by atoms with E-state index in [-0.39, 0.29) is 17.3 Å². The van der Waals surface area contributed by atoms with Gasteiger partial charge in [0.05, 0.1) is 5.02 Å². The summed E-state index contributed by atoms with van der Waals surface area (Å²) in [6, 6.07) is 22.1. The van der Waals surface area contributed by atoms with Gasteiger partial charge in [0.2, 0.25) is 5.90 Å². The summed E-state index contributed by atoms with van der Waals surface area (Å²) >= 11 is 11.1. The number of thiophene rings is 1. The van der Waals surface area contributed by atoms with Crippen molar-refractivity contribution in [2.24, 2.45) is 4.99 Å². The van der Waals surface area contributed by atoms with Crippen LogP contribution in [0.4, 0.5) is 0 Å². The van der Waals surface area contributed by atoms with Gasteiger partial charge in [0, 0.05) is 26.2 Å². The Morgan fingerprint density at radius 3 is 2.63 bits per heavy atom. The lowest BCUT2D eigenvalue weighted by Gasteiger charge is -2.07. The summed E-state index contributed by atoms with van der Waals surface area (Å²) < 4.78 is 12.7. The Morgan fingerprint density at radius 1 is 1.03 bits per heavy atom. The van der Waals surface area contributed by atoms with E-state index in [9.17, 15) is 9.59 Å². The van der Waals surface area contributed by atoms with E-state index in [1.165, 1.54) is 17.4 Å². The van der Waals surface area contributed by atoms with Gasteiger partial charge in [-0.25, -0.2) is 14.6 Å². The fourth-order valence-electron chi connectivity index (χ4n) is 3.39. The van der Waals surface area contributed by atoms with Gasteiger partial charge in [-0.1, -0.05) is 82.1 Å². The first kappa shape index (κ1) is 23.2. The number of benzene rings is 3. The van der Waals surface area contributed by atoms with Crippen LogP contribution in [0.3, 0.4) is 0 Å². The van der Waals surface area contributed by atoms with Crippen LogP contribution in [0.15, 0.2) is 94.0 Å². The largest absolute Gasteiger partial charge is 0.422 e. The molecule has 0 radical (unpaired) electrons. The van der Waals surface area contributed by atoms with Crippen LogP contribution in [0.5, 0.6) is 5.75 Å². The normalized spacial score (nSPS) is 14.5. The summed E-state index contributed by atoms with van der Waals surface area (Å²) in [7, 11) is 0. The van der Waals surface area contributed by atoms with E-state index in [1.807, 2.05) is 48.5 Å². The fraction of sp³-hybridized carbons (Fsp3) is 0. The van der Waals surface area contributed by atoms with Gasteiger partial charge in [0.25, 0.3) is 0 Å². The number of rotatable bonds is 5. The van der Waals surface area contributed by atoms with Crippen LogP contribution in [-0.4, -0.2) is 17.8 Å². The molecular formula is C27H15BrClNO4S. The number of halogens is 2. The second-order valence-electron chi connectivity index (χ2n) is 7.43. The highest BCUT2D eigenvalue weighted by Crippen LogP contribution is 2.37. The Bertz CT molecular complexity index is 1560. The molecule has 1 aliphatic heterocycles. The van der Waals surface area contributed by atoms with Crippen LogP contribution in [-0.2, 0) is 9.53 Å². The molecule has 0 amide bonds. The molecule has 0 saturated heterocycles. The molecule has 35 heavy (non-hydrogen) atoms. The molecule has 4 aromatic rings. The highest BCUT2D eigenvalue weighted by atomic mass is 79.9. The van der Waals surface area contributed by atoms with Crippen molar-refractivity contribution in [3.05, 3.63) is 110 Å². The first-order valence-electron chi connectivity index (χ1n) is 10.4. The third kappa shape index (κ3) is 5.12. The van der Waals surface area contributed by atoms with E-state index in [4.69, 9.17) is 21.1 Å². The number of hydrogen-bond donors (Lipinski definition) is 0. The van der Waals surface area contributed by atoms with Crippen molar-refractivity contribution in [2.75, 3.05) is 0 Å². The van der Waals surface area contributed by atoms with Gasteiger partial charge in [0.15, 0.2) is 5.70 Å². The number of carbonyl (C=O) groups excluding carboxylic acids is 2. The zero-order valence-electron chi connectivity index (χ0n) is 17.9. The van der Waals surface area contributed by atoms with E-state index in [0.717, 1.165) is 20.1 Å². The molecule has 0 N–H and O–H groups in total. The SMILES string of the molecule is O=C1OC(/C=C/c2ccccc2)=NC/1=C/c1ccccc1OC(=O)c1sc2cc(Br)ccc2c1Cl. The number of fused-ring (bicyclic) bond motifs is 1. The maximum atomic E-state index is 13.0.